The molecule has 0 bridgehead atoms. The quantitative estimate of drug-likeness (QED) is 0.155. The van der Waals surface area contributed by atoms with Crippen molar-refractivity contribution in [1.82, 2.24) is 14.5 Å². The molecule has 0 radical (unpaired) electrons. The fraction of sp³-hybridized carbons (Fsp3) is 0.375. The summed E-state index contributed by atoms with van der Waals surface area (Å²) < 4.78 is 20.2. The normalized spacial score (nSPS) is 15.5. The van der Waals surface area contributed by atoms with E-state index < -0.39 is 13.9 Å². The zero-order chi connectivity index (χ0) is 27.5. The lowest BCUT2D eigenvalue weighted by molar-refractivity contribution is -0.149. The summed E-state index contributed by atoms with van der Waals surface area (Å²) in [5.41, 5.74) is 8.15. The Morgan fingerprint density at radius 3 is 2.38 bits per heavy atom. The van der Waals surface area contributed by atoms with Crippen LogP contribution >= 0.6 is 0 Å². The van der Waals surface area contributed by atoms with Crippen LogP contribution in [0.4, 0.5) is 0 Å². The van der Waals surface area contributed by atoms with E-state index in [4.69, 9.17) is 24.2 Å². The van der Waals surface area contributed by atoms with Gasteiger partial charge in [-0.25, -0.2) is 9.97 Å². The summed E-state index contributed by atoms with van der Waals surface area (Å²) in [6, 6.07) is 19.9. The minimum atomic E-state index is -1.19. The highest BCUT2D eigenvalue weighted by molar-refractivity contribution is 6.76. The van der Waals surface area contributed by atoms with Gasteiger partial charge in [0.2, 0.25) is 0 Å². The lowest BCUT2D eigenvalue weighted by Gasteiger charge is -2.23. The maximum absolute atomic E-state index is 6.26. The Hall–Kier alpha value is -3.10. The van der Waals surface area contributed by atoms with Crippen molar-refractivity contribution in [2.75, 3.05) is 19.8 Å². The molecule has 7 heteroatoms. The van der Waals surface area contributed by atoms with Crippen molar-refractivity contribution in [2.45, 2.75) is 58.5 Å². The molecule has 2 aromatic carbocycles. The molecule has 0 amide bonds. The van der Waals surface area contributed by atoms with E-state index in [0.717, 1.165) is 58.3 Å². The van der Waals surface area contributed by atoms with Crippen LogP contribution in [0.5, 0.6) is 0 Å². The van der Waals surface area contributed by atoms with Gasteiger partial charge in [0, 0.05) is 25.8 Å². The number of fused-ring (bicyclic) bond motifs is 1. The average molecular weight is 542 g/mol. The first-order valence-electron chi connectivity index (χ1n) is 13.9. The van der Waals surface area contributed by atoms with Gasteiger partial charge in [0.25, 0.3) is 0 Å². The largest absolute Gasteiger partial charge is 0.361 e. The van der Waals surface area contributed by atoms with Crippen molar-refractivity contribution in [2.24, 2.45) is 0 Å². The molecule has 1 fully saturated rings. The maximum Gasteiger partial charge on any atom is 0.192 e. The molecule has 1 saturated heterocycles. The molecule has 39 heavy (non-hydrogen) atoms. The molecular weight excluding hydrogens is 502 g/mol. The second kappa shape index (κ2) is 11.6. The highest BCUT2D eigenvalue weighted by Crippen LogP contribution is 2.36. The van der Waals surface area contributed by atoms with Crippen molar-refractivity contribution in [3.05, 3.63) is 83.2 Å². The molecule has 5 rings (SSSR count). The predicted molar refractivity (Wildman–Crippen MR) is 161 cm³/mol. The van der Waals surface area contributed by atoms with Gasteiger partial charge >= 0.3 is 0 Å². The standard InChI is InChI=1S/C32H39N3O3Si/c1-6-28-29-31(33-22-27(34-29)17-12-24-10-8-7-9-11-24)35(23-36-20-21-39(3,4)5)30(28)25-13-15-26(16-14-25)32(2)37-18-19-38-32/h7-17,22H,6,18-21,23H2,1-5H3. The zero-order valence-corrected chi connectivity index (χ0v) is 24.7. The van der Waals surface area contributed by atoms with E-state index in [9.17, 15) is 0 Å². The average Bonchev–Trinajstić information content (AvgIpc) is 3.51. The van der Waals surface area contributed by atoms with Crippen molar-refractivity contribution in [3.63, 3.8) is 0 Å². The number of benzene rings is 2. The Balaban J connectivity index is 1.54. The fourth-order valence-corrected chi connectivity index (χ4v) is 5.70. The SMILES string of the molecule is CCc1c(-c2ccc(C3(C)OCCO3)cc2)n(COCC[Si](C)(C)C)c2ncc(C=Cc3ccccc3)nc12. The van der Waals surface area contributed by atoms with E-state index in [1.165, 1.54) is 5.56 Å². The van der Waals surface area contributed by atoms with Gasteiger partial charge < -0.3 is 14.2 Å². The molecular formula is C32H39N3O3Si. The maximum atomic E-state index is 6.26. The summed E-state index contributed by atoms with van der Waals surface area (Å²) in [6.45, 7) is 13.7. The smallest absolute Gasteiger partial charge is 0.192 e. The number of ether oxygens (including phenoxy) is 3. The van der Waals surface area contributed by atoms with Gasteiger partial charge in [-0.2, -0.15) is 0 Å². The van der Waals surface area contributed by atoms with Crippen LogP contribution in [0.1, 0.15) is 36.2 Å². The van der Waals surface area contributed by atoms with E-state index in [-0.39, 0.29) is 0 Å². The second-order valence-corrected chi connectivity index (χ2v) is 17.0. The lowest BCUT2D eigenvalue weighted by Crippen LogP contribution is -2.22. The van der Waals surface area contributed by atoms with E-state index in [1.54, 1.807) is 0 Å². The third kappa shape index (κ3) is 6.22. The number of rotatable bonds is 10. The molecule has 0 atom stereocenters. The van der Waals surface area contributed by atoms with Crippen molar-refractivity contribution < 1.29 is 14.2 Å². The number of hydrogen-bond donors (Lipinski definition) is 0. The Kier molecular flexibility index (Phi) is 8.14. The summed E-state index contributed by atoms with van der Waals surface area (Å²) in [5.74, 6) is -0.693. The third-order valence-electron chi connectivity index (χ3n) is 7.21. The summed E-state index contributed by atoms with van der Waals surface area (Å²) in [7, 11) is -1.19. The molecule has 0 N–H and O–H groups in total. The molecule has 0 spiro atoms. The summed E-state index contributed by atoms with van der Waals surface area (Å²) in [6.07, 6.45) is 6.79. The summed E-state index contributed by atoms with van der Waals surface area (Å²) in [4.78, 5) is 9.97. The van der Waals surface area contributed by atoms with Crippen LogP contribution in [-0.2, 0) is 33.1 Å². The van der Waals surface area contributed by atoms with E-state index >= 15 is 0 Å². The highest BCUT2D eigenvalue weighted by Gasteiger charge is 2.33. The van der Waals surface area contributed by atoms with Gasteiger partial charge in [-0.15, -0.1) is 0 Å². The monoisotopic (exact) mass is 541 g/mol. The molecule has 0 aliphatic carbocycles. The first kappa shape index (κ1) is 27.5. The van der Waals surface area contributed by atoms with Crippen molar-refractivity contribution >= 4 is 31.4 Å². The zero-order valence-electron chi connectivity index (χ0n) is 23.7. The molecule has 0 unspecified atom stereocenters. The third-order valence-corrected chi connectivity index (χ3v) is 8.91. The molecule has 204 valence electrons. The molecule has 2 aromatic heterocycles. The summed E-state index contributed by atoms with van der Waals surface area (Å²) in [5, 5.41) is 0. The Labute approximate surface area is 232 Å². The number of aryl methyl sites for hydroxylation is 1. The van der Waals surface area contributed by atoms with Crippen LogP contribution in [0.3, 0.4) is 0 Å². The second-order valence-electron chi connectivity index (χ2n) is 11.4. The molecule has 1 aliphatic heterocycles. The molecule has 6 nitrogen and oxygen atoms in total. The molecule has 1 aliphatic rings. The van der Waals surface area contributed by atoms with E-state index in [2.05, 4.69) is 73.6 Å². The van der Waals surface area contributed by atoms with Crippen LogP contribution in [0, 0.1) is 0 Å². The number of aromatic nitrogens is 3. The highest BCUT2D eigenvalue weighted by atomic mass is 28.3. The van der Waals surface area contributed by atoms with Gasteiger partial charge in [-0.05, 0) is 36.6 Å². The van der Waals surface area contributed by atoms with Gasteiger partial charge in [0.15, 0.2) is 11.4 Å². The first-order chi connectivity index (χ1) is 18.8. The fourth-order valence-electron chi connectivity index (χ4n) is 4.94. The van der Waals surface area contributed by atoms with Crippen LogP contribution in [-0.4, -0.2) is 42.4 Å². The van der Waals surface area contributed by atoms with Crippen LogP contribution < -0.4 is 0 Å². The predicted octanol–water partition coefficient (Wildman–Crippen LogP) is 7.36. The van der Waals surface area contributed by atoms with Crippen molar-refractivity contribution in [1.29, 1.82) is 0 Å². The van der Waals surface area contributed by atoms with Crippen molar-refractivity contribution in [3.8, 4) is 11.3 Å². The Bertz CT molecular complexity index is 1430. The Morgan fingerprint density at radius 1 is 1.00 bits per heavy atom. The lowest BCUT2D eigenvalue weighted by atomic mass is 10.0. The van der Waals surface area contributed by atoms with Crippen LogP contribution in [0.2, 0.25) is 25.7 Å². The summed E-state index contributed by atoms with van der Waals surface area (Å²) >= 11 is 0. The van der Waals surface area contributed by atoms with Crippen LogP contribution in [0.15, 0.2) is 60.8 Å². The minimum Gasteiger partial charge on any atom is -0.361 e. The number of hydrogen-bond acceptors (Lipinski definition) is 5. The topological polar surface area (TPSA) is 58.4 Å². The minimum absolute atomic E-state index is 0.440. The van der Waals surface area contributed by atoms with Crippen LogP contribution in [0.25, 0.3) is 34.6 Å². The first-order valence-corrected chi connectivity index (χ1v) is 17.6. The van der Waals surface area contributed by atoms with Gasteiger partial charge in [0.05, 0.1) is 30.8 Å². The van der Waals surface area contributed by atoms with Gasteiger partial charge in [-0.3, -0.25) is 4.57 Å². The van der Waals surface area contributed by atoms with E-state index in [0.29, 0.717) is 19.9 Å². The number of nitrogens with zero attached hydrogens (tertiary/aromatic N) is 3. The van der Waals surface area contributed by atoms with Gasteiger partial charge in [-0.1, -0.05) is 87.2 Å². The Morgan fingerprint density at radius 2 is 1.72 bits per heavy atom. The van der Waals surface area contributed by atoms with Gasteiger partial charge in [0.1, 0.15) is 12.2 Å². The molecule has 4 aromatic rings. The van der Waals surface area contributed by atoms with E-state index in [1.807, 2.05) is 37.4 Å². The molecule has 0 saturated carbocycles. The molecule has 3 heterocycles.